The van der Waals surface area contributed by atoms with Crippen molar-refractivity contribution in [2.45, 2.75) is 19.3 Å². The molecule has 0 spiro atoms. The predicted octanol–water partition coefficient (Wildman–Crippen LogP) is 14.7. The van der Waals surface area contributed by atoms with Crippen molar-refractivity contribution in [2.24, 2.45) is 0 Å². The van der Waals surface area contributed by atoms with Crippen LogP contribution in [0.4, 0.5) is 0 Å². The van der Waals surface area contributed by atoms with Crippen LogP contribution in [0, 0.1) is 0 Å². The molecule has 0 saturated heterocycles. The van der Waals surface area contributed by atoms with Gasteiger partial charge in [0.2, 0.25) is 0 Å². The van der Waals surface area contributed by atoms with Crippen LogP contribution in [0.3, 0.4) is 0 Å². The fourth-order valence-electron chi connectivity index (χ4n) is 9.37. The molecule has 1 aliphatic carbocycles. The Kier molecular flexibility index (Phi) is 6.40. The summed E-state index contributed by atoms with van der Waals surface area (Å²) in [4.78, 5) is 0. The van der Waals surface area contributed by atoms with Crippen molar-refractivity contribution in [1.29, 1.82) is 0 Å². The molecule has 8 aromatic carbocycles. The number of rotatable bonds is 4. The van der Waals surface area contributed by atoms with E-state index in [1.54, 1.807) is 0 Å². The van der Waals surface area contributed by atoms with Crippen molar-refractivity contribution in [3.63, 3.8) is 0 Å². The first-order valence-corrected chi connectivity index (χ1v) is 19.3. The van der Waals surface area contributed by atoms with Gasteiger partial charge in [0, 0.05) is 49.2 Å². The van der Waals surface area contributed by atoms with Gasteiger partial charge < -0.3 is 13.4 Å². The summed E-state index contributed by atoms with van der Waals surface area (Å²) < 4.78 is 15.4. The molecule has 0 amide bonds. The molecule has 264 valence electrons. The van der Waals surface area contributed by atoms with E-state index in [2.05, 4.69) is 176 Å². The molecule has 12 rings (SSSR count). The Morgan fingerprint density at radius 3 is 1.86 bits per heavy atom. The van der Waals surface area contributed by atoms with Crippen LogP contribution < -0.4 is 0 Å². The smallest absolute Gasteiger partial charge is 0.143 e. The summed E-state index contributed by atoms with van der Waals surface area (Å²) >= 11 is 0. The Morgan fingerprint density at radius 2 is 1.07 bits per heavy atom. The number of fused-ring (bicyclic) bond motifs is 11. The Balaban J connectivity index is 1.05. The molecule has 0 radical (unpaired) electrons. The Bertz CT molecular complexity index is 3340. The van der Waals surface area contributed by atoms with Crippen LogP contribution in [0.25, 0.3) is 105 Å². The van der Waals surface area contributed by atoms with Gasteiger partial charge in [-0.25, -0.2) is 0 Å². The zero-order valence-electron chi connectivity index (χ0n) is 31.0. The quantitative estimate of drug-likeness (QED) is 0.181. The fourth-order valence-corrected chi connectivity index (χ4v) is 9.37. The Morgan fingerprint density at radius 1 is 0.429 bits per heavy atom. The van der Waals surface area contributed by atoms with Gasteiger partial charge in [-0.1, -0.05) is 129 Å². The molecule has 1 aliphatic rings. The number of hydrogen-bond donors (Lipinski definition) is 0. The minimum Gasteiger partial charge on any atom is -0.456 e. The van der Waals surface area contributed by atoms with Crippen LogP contribution in [0.1, 0.15) is 25.0 Å². The molecule has 3 heterocycles. The molecule has 56 heavy (non-hydrogen) atoms. The summed E-state index contributed by atoms with van der Waals surface area (Å²) in [6, 6.07) is 63.5. The third-order valence-corrected chi connectivity index (χ3v) is 12.2. The maximum absolute atomic E-state index is 6.59. The van der Waals surface area contributed by atoms with Gasteiger partial charge in [0.05, 0.1) is 11.0 Å². The fraction of sp³-hybridized carbons (Fsp3) is 0.0566. The molecule has 0 aliphatic heterocycles. The van der Waals surface area contributed by atoms with Gasteiger partial charge in [-0.2, -0.15) is 0 Å². The lowest BCUT2D eigenvalue weighted by Crippen LogP contribution is -2.15. The maximum atomic E-state index is 6.59. The number of para-hydroxylation sites is 2. The summed E-state index contributed by atoms with van der Waals surface area (Å²) in [7, 11) is 0. The predicted molar refractivity (Wildman–Crippen MR) is 232 cm³/mol. The van der Waals surface area contributed by atoms with E-state index in [1.165, 1.54) is 66.2 Å². The first kappa shape index (κ1) is 31.3. The molecule has 3 aromatic heterocycles. The van der Waals surface area contributed by atoms with Crippen molar-refractivity contribution in [2.75, 3.05) is 0 Å². The molecule has 0 fully saturated rings. The lowest BCUT2D eigenvalue weighted by atomic mass is 9.82. The van der Waals surface area contributed by atoms with E-state index in [-0.39, 0.29) is 5.41 Å². The van der Waals surface area contributed by atoms with Gasteiger partial charge in [-0.15, -0.1) is 0 Å². The molecule has 3 heteroatoms. The summed E-state index contributed by atoms with van der Waals surface area (Å²) in [5, 5.41) is 5.82. The molecule has 0 unspecified atom stereocenters. The SMILES string of the molecule is CC1(C)c2cc(-n3c4ccc(-c5ccc(-c6ccccc6)cc5)cc4c4cc(-c5cc6ccccc6o5)ccc43)ccc2-c2c1ccc1c2oc2ccccc21. The molecule has 11 aromatic rings. The van der Waals surface area contributed by atoms with Crippen molar-refractivity contribution >= 4 is 54.7 Å². The van der Waals surface area contributed by atoms with E-state index < -0.39 is 0 Å². The molecule has 0 atom stereocenters. The van der Waals surface area contributed by atoms with Crippen molar-refractivity contribution in [3.8, 4) is 50.4 Å². The van der Waals surface area contributed by atoms with E-state index in [0.717, 1.165) is 50.0 Å². The van der Waals surface area contributed by atoms with E-state index in [4.69, 9.17) is 8.83 Å². The number of nitrogens with zero attached hydrogens (tertiary/aromatic N) is 1. The van der Waals surface area contributed by atoms with Crippen LogP contribution in [-0.2, 0) is 5.41 Å². The molecular formula is C53H35NO2. The van der Waals surface area contributed by atoms with Crippen molar-refractivity contribution in [1.82, 2.24) is 4.57 Å². The Hall–Kier alpha value is -7.10. The van der Waals surface area contributed by atoms with Crippen LogP contribution in [0.5, 0.6) is 0 Å². The van der Waals surface area contributed by atoms with E-state index in [9.17, 15) is 0 Å². The zero-order valence-corrected chi connectivity index (χ0v) is 31.0. The van der Waals surface area contributed by atoms with Gasteiger partial charge >= 0.3 is 0 Å². The maximum Gasteiger partial charge on any atom is 0.143 e. The van der Waals surface area contributed by atoms with Gasteiger partial charge in [0.25, 0.3) is 0 Å². The minimum absolute atomic E-state index is 0.208. The van der Waals surface area contributed by atoms with E-state index >= 15 is 0 Å². The largest absolute Gasteiger partial charge is 0.456 e. The summed E-state index contributed by atoms with van der Waals surface area (Å²) in [6.07, 6.45) is 0. The first-order chi connectivity index (χ1) is 27.5. The third-order valence-electron chi connectivity index (χ3n) is 12.2. The average molecular weight is 718 g/mol. The van der Waals surface area contributed by atoms with Crippen LogP contribution in [0.2, 0.25) is 0 Å². The second-order valence-corrected chi connectivity index (χ2v) is 15.7. The molecular weight excluding hydrogens is 683 g/mol. The van der Waals surface area contributed by atoms with Crippen LogP contribution in [-0.4, -0.2) is 4.57 Å². The van der Waals surface area contributed by atoms with E-state index in [1.807, 2.05) is 18.2 Å². The number of hydrogen-bond acceptors (Lipinski definition) is 2. The average Bonchev–Trinajstić information content (AvgIpc) is 3.99. The molecule has 0 bridgehead atoms. The highest BCUT2D eigenvalue weighted by molar-refractivity contribution is 6.13. The highest BCUT2D eigenvalue weighted by atomic mass is 16.3. The lowest BCUT2D eigenvalue weighted by Gasteiger charge is -2.22. The first-order valence-electron chi connectivity index (χ1n) is 19.3. The highest BCUT2D eigenvalue weighted by Gasteiger charge is 2.38. The Labute approximate surface area is 323 Å². The van der Waals surface area contributed by atoms with Crippen LogP contribution in [0.15, 0.2) is 185 Å². The molecule has 0 saturated carbocycles. The van der Waals surface area contributed by atoms with Gasteiger partial charge in [-0.05, 0) is 99.6 Å². The second kappa shape index (κ2) is 11.5. The standard InChI is InChI=1S/C53H35NO2/c1-53(2)44-25-24-40-39-13-7-9-15-49(39)56-52(40)51(44)41-23-22-38(31-45(41)53)54-46-26-20-35(34-18-16-33(17-19-34)32-10-4-3-5-11-32)28-42(46)43-29-37(21-27-47(43)54)50-30-36-12-6-8-14-48(36)55-50/h3-31H,1-2H3. The highest BCUT2D eigenvalue weighted by Crippen LogP contribution is 2.53. The topological polar surface area (TPSA) is 31.2 Å². The summed E-state index contributed by atoms with van der Waals surface area (Å²) in [6.45, 7) is 4.69. The van der Waals surface area contributed by atoms with Crippen LogP contribution >= 0.6 is 0 Å². The third kappa shape index (κ3) is 4.46. The summed E-state index contributed by atoms with van der Waals surface area (Å²) in [5.74, 6) is 0.871. The minimum atomic E-state index is -0.208. The zero-order chi connectivity index (χ0) is 37.1. The van der Waals surface area contributed by atoms with Gasteiger partial charge in [-0.3, -0.25) is 0 Å². The normalized spacial score (nSPS) is 13.3. The lowest BCUT2D eigenvalue weighted by molar-refractivity contribution is 0.631. The van der Waals surface area contributed by atoms with Crippen molar-refractivity contribution < 1.29 is 8.83 Å². The van der Waals surface area contributed by atoms with E-state index in [0.29, 0.717) is 0 Å². The number of furan rings is 2. The summed E-state index contributed by atoms with van der Waals surface area (Å²) in [5.41, 5.74) is 17.0. The number of benzene rings is 8. The second-order valence-electron chi connectivity index (χ2n) is 15.7. The monoisotopic (exact) mass is 717 g/mol. The van der Waals surface area contributed by atoms with Gasteiger partial charge in [0.1, 0.15) is 22.5 Å². The van der Waals surface area contributed by atoms with Gasteiger partial charge in [0.15, 0.2) is 0 Å². The number of aromatic nitrogens is 1. The van der Waals surface area contributed by atoms with Crippen molar-refractivity contribution in [3.05, 3.63) is 187 Å². The molecule has 3 nitrogen and oxygen atoms in total. The molecule has 0 N–H and O–H groups in total.